The monoisotopic (exact) mass is 333 g/mol. The Morgan fingerprint density at radius 3 is 1.33 bits per heavy atom. The summed E-state index contributed by atoms with van der Waals surface area (Å²) in [6.07, 6.45) is 0. The lowest BCUT2D eigenvalue weighted by Crippen LogP contribution is -2.29. The van der Waals surface area contributed by atoms with Crippen LogP contribution < -0.4 is 5.73 Å². The summed E-state index contributed by atoms with van der Waals surface area (Å²) in [4.78, 5) is 0. The molecular weight excluding hydrogens is 310 g/mol. The molecule has 2 N–H and O–H groups in total. The summed E-state index contributed by atoms with van der Waals surface area (Å²) in [5.41, 5.74) is 9.97. The Balaban J connectivity index is 2.24. The average Bonchev–Trinajstić information content (AvgIpc) is 2.65. The standard InChI is InChI=1S/C22H23NS/c1-18(23)17-24-22(19-11-5-2-6-12-19,20-13-7-3-8-14-20)21-15-9-4-10-16-21/h2-16,18H,17,23H2,1H3/t18-/m1/s1. The first-order valence-electron chi connectivity index (χ1n) is 8.29. The molecule has 2 heteroatoms. The first-order chi connectivity index (χ1) is 11.7. The first kappa shape index (κ1) is 16.8. The third-order valence-corrected chi connectivity index (χ3v) is 5.94. The van der Waals surface area contributed by atoms with Crippen LogP contribution in [0.15, 0.2) is 91.0 Å². The van der Waals surface area contributed by atoms with E-state index in [4.69, 9.17) is 5.73 Å². The molecule has 0 saturated carbocycles. The van der Waals surface area contributed by atoms with Crippen molar-refractivity contribution < 1.29 is 0 Å². The highest BCUT2D eigenvalue weighted by Crippen LogP contribution is 2.48. The molecule has 0 amide bonds. The second-order valence-corrected chi connectivity index (χ2v) is 7.30. The second-order valence-electron chi connectivity index (χ2n) is 6.07. The SMILES string of the molecule is C[C@@H](N)CSC(c1ccccc1)(c1ccccc1)c1ccccc1. The lowest BCUT2D eigenvalue weighted by molar-refractivity contribution is 0.828. The summed E-state index contributed by atoms with van der Waals surface area (Å²) in [5.74, 6) is 0.888. The Bertz CT molecular complexity index is 642. The van der Waals surface area contributed by atoms with Gasteiger partial charge in [0.1, 0.15) is 0 Å². The average molecular weight is 334 g/mol. The number of rotatable bonds is 6. The number of nitrogens with two attached hydrogens (primary N) is 1. The summed E-state index contributed by atoms with van der Waals surface area (Å²) < 4.78 is -0.253. The van der Waals surface area contributed by atoms with Crippen molar-refractivity contribution in [2.45, 2.75) is 17.7 Å². The molecule has 0 saturated heterocycles. The smallest absolute Gasteiger partial charge is 0.0907 e. The molecule has 0 heterocycles. The Morgan fingerprint density at radius 1 is 0.708 bits per heavy atom. The molecule has 3 aromatic carbocycles. The van der Waals surface area contributed by atoms with Crippen LogP contribution in [-0.2, 0) is 4.75 Å². The van der Waals surface area contributed by atoms with E-state index < -0.39 is 0 Å². The van der Waals surface area contributed by atoms with Crippen molar-refractivity contribution in [3.05, 3.63) is 108 Å². The predicted octanol–water partition coefficient (Wildman–Crippen LogP) is 5.06. The van der Waals surface area contributed by atoms with E-state index in [1.807, 2.05) is 11.8 Å². The van der Waals surface area contributed by atoms with Crippen molar-refractivity contribution in [3.8, 4) is 0 Å². The minimum atomic E-state index is -0.253. The van der Waals surface area contributed by atoms with Crippen LogP contribution in [0, 0.1) is 0 Å². The first-order valence-corrected chi connectivity index (χ1v) is 9.28. The van der Waals surface area contributed by atoms with E-state index in [1.165, 1.54) is 16.7 Å². The lowest BCUT2D eigenvalue weighted by Gasteiger charge is -2.36. The molecule has 3 aromatic rings. The molecule has 1 nitrogen and oxygen atoms in total. The van der Waals surface area contributed by atoms with E-state index in [1.54, 1.807) is 0 Å². The second kappa shape index (κ2) is 7.69. The number of hydrogen-bond acceptors (Lipinski definition) is 2. The Kier molecular flexibility index (Phi) is 5.39. The van der Waals surface area contributed by atoms with E-state index in [-0.39, 0.29) is 10.8 Å². The van der Waals surface area contributed by atoms with Gasteiger partial charge in [0.15, 0.2) is 0 Å². The highest BCUT2D eigenvalue weighted by atomic mass is 32.2. The van der Waals surface area contributed by atoms with E-state index >= 15 is 0 Å². The minimum Gasteiger partial charge on any atom is -0.327 e. The van der Waals surface area contributed by atoms with Crippen molar-refractivity contribution in [1.29, 1.82) is 0 Å². The zero-order valence-electron chi connectivity index (χ0n) is 13.9. The molecule has 0 aliphatic carbocycles. The molecule has 3 rings (SSSR count). The van der Waals surface area contributed by atoms with Gasteiger partial charge in [-0.25, -0.2) is 0 Å². The van der Waals surface area contributed by atoms with Crippen LogP contribution >= 0.6 is 11.8 Å². The molecular formula is C22H23NS. The number of benzene rings is 3. The largest absolute Gasteiger partial charge is 0.327 e. The maximum absolute atomic E-state index is 6.11. The molecule has 0 fully saturated rings. The number of hydrogen-bond donors (Lipinski definition) is 1. The van der Waals surface area contributed by atoms with Gasteiger partial charge in [-0.05, 0) is 23.6 Å². The summed E-state index contributed by atoms with van der Waals surface area (Å²) >= 11 is 1.91. The van der Waals surface area contributed by atoms with Gasteiger partial charge >= 0.3 is 0 Å². The molecule has 122 valence electrons. The van der Waals surface area contributed by atoms with Crippen LogP contribution in [0.3, 0.4) is 0 Å². The van der Waals surface area contributed by atoms with Crippen LogP contribution in [0.4, 0.5) is 0 Å². The van der Waals surface area contributed by atoms with Crippen molar-refractivity contribution >= 4 is 11.8 Å². The van der Waals surface area contributed by atoms with Gasteiger partial charge in [-0.15, -0.1) is 11.8 Å². The fourth-order valence-electron chi connectivity index (χ4n) is 3.03. The normalized spacial score (nSPS) is 12.8. The van der Waals surface area contributed by atoms with Crippen LogP contribution in [0.25, 0.3) is 0 Å². The quantitative estimate of drug-likeness (QED) is 0.638. The zero-order chi connectivity index (χ0) is 16.8. The lowest BCUT2D eigenvalue weighted by atomic mass is 9.84. The molecule has 0 spiro atoms. The van der Waals surface area contributed by atoms with Gasteiger partial charge in [0, 0.05) is 11.8 Å². The highest BCUT2D eigenvalue weighted by molar-refractivity contribution is 8.00. The third-order valence-electron chi connectivity index (χ3n) is 4.10. The van der Waals surface area contributed by atoms with E-state index in [0.29, 0.717) is 0 Å². The maximum atomic E-state index is 6.11. The van der Waals surface area contributed by atoms with E-state index in [9.17, 15) is 0 Å². The van der Waals surface area contributed by atoms with Gasteiger partial charge < -0.3 is 5.73 Å². The zero-order valence-corrected chi connectivity index (χ0v) is 14.7. The Labute approximate surface area is 148 Å². The van der Waals surface area contributed by atoms with Crippen molar-refractivity contribution in [1.82, 2.24) is 0 Å². The molecule has 0 unspecified atom stereocenters. The van der Waals surface area contributed by atoms with Crippen LogP contribution in [-0.4, -0.2) is 11.8 Å². The molecule has 1 atom stereocenters. The highest BCUT2D eigenvalue weighted by Gasteiger charge is 2.36. The fourth-order valence-corrected chi connectivity index (χ4v) is 4.45. The summed E-state index contributed by atoms with van der Waals surface area (Å²) in [5, 5.41) is 0. The van der Waals surface area contributed by atoms with Gasteiger partial charge in [-0.2, -0.15) is 0 Å². The van der Waals surface area contributed by atoms with Gasteiger partial charge in [-0.3, -0.25) is 0 Å². The van der Waals surface area contributed by atoms with Crippen LogP contribution in [0.5, 0.6) is 0 Å². The molecule has 0 aliphatic rings. The summed E-state index contributed by atoms with van der Waals surface area (Å²) in [6, 6.07) is 32.3. The Hall–Kier alpha value is -2.03. The van der Waals surface area contributed by atoms with Crippen LogP contribution in [0.1, 0.15) is 23.6 Å². The molecule has 24 heavy (non-hydrogen) atoms. The maximum Gasteiger partial charge on any atom is 0.0907 e. The predicted molar refractivity (Wildman–Crippen MR) is 105 cm³/mol. The molecule has 0 aliphatic heterocycles. The molecule has 0 radical (unpaired) electrons. The van der Waals surface area contributed by atoms with Gasteiger partial charge in [-0.1, -0.05) is 91.0 Å². The minimum absolute atomic E-state index is 0.144. The van der Waals surface area contributed by atoms with Gasteiger partial charge in [0.05, 0.1) is 4.75 Å². The van der Waals surface area contributed by atoms with Gasteiger partial charge in [0.25, 0.3) is 0 Å². The van der Waals surface area contributed by atoms with E-state index in [0.717, 1.165) is 5.75 Å². The van der Waals surface area contributed by atoms with Crippen LogP contribution in [0.2, 0.25) is 0 Å². The van der Waals surface area contributed by atoms with Crippen molar-refractivity contribution in [3.63, 3.8) is 0 Å². The topological polar surface area (TPSA) is 26.0 Å². The summed E-state index contributed by atoms with van der Waals surface area (Å²) in [7, 11) is 0. The third kappa shape index (κ3) is 3.40. The van der Waals surface area contributed by atoms with Crippen molar-refractivity contribution in [2.75, 3.05) is 5.75 Å². The molecule has 0 aromatic heterocycles. The van der Waals surface area contributed by atoms with E-state index in [2.05, 4.69) is 97.9 Å². The fraction of sp³-hybridized carbons (Fsp3) is 0.182. The van der Waals surface area contributed by atoms with Gasteiger partial charge in [0.2, 0.25) is 0 Å². The number of thioether (sulfide) groups is 1. The molecule has 0 bridgehead atoms. The summed E-state index contributed by atoms with van der Waals surface area (Å²) in [6.45, 7) is 2.07. The Morgan fingerprint density at radius 2 is 1.04 bits per heavy atom. The van der Waals surface area contributed by atoms with Crippen molar-refractivity contribution in [2.24, 2.45) is 5.73 Å².